The second-order valence-corrected chi connectivity index (χ2v) is 7.62. The summed E-state index contributed by atoms with van der Waals surface area (Å²) in [4.78, 5) is 17.2. The van der Waals surface area contributed by atoms with Crippen LogP contribution in [0.25, 0.3) is 5.82 Å². The summed E-state index contributed by atoms with van der Waals surface area (Å²) in [5.74, 6) is 1.68. The van der Waals surface area contributed by atoms with Crippen LogP contribution in [0.15, 0.2) is 18.3 Å². The van der Waals surface area contributed by atoms with Gasteiger partial charge < -0.3 is 10.4 Å². The summed E-state index contributed by atoms with van der Waals surface area (Å²) in [6.45, 7) is 5.46. The third-order valence-corrected chi connectivity index (χ3v) is 4.94. The van der Waals surface area contributed by atoms with E-state index in [1.54, 1.807) is 13.8 Å². The molecule has 0 aliphatic heterocycles. The second kappa shape index (κ2) is 5.14. The van der Waals surface area contributed by atoms with Crippen LogP contribution in [0.3, 0.4) is 0 Å². The number of fused-ring (bicyclic) bond motifs is 3. The number of nitrogens with zero attached hydrogens (tertiary/aromatic N) is 3. The van der Waals surface area contributed by atoms with Gasteiger partial charge in [-0.15, -0.1) is 0 Å². The first-order chi connectivity index (χ1) is 11.4. The van der Waals surface area contributed by atoms with E-state index in [4.69, 9.17) is 0 Å². The Morgan fingerprint density at radius 1 is 1.46 bits per heavy atom. The minimum absolute atomic E-state index is 0.119. The van der Waals surface area contributed by atoms with Gasteiger partial charge in [-0.05, 0) is 51.2 Å². The molecule has 2 aromatic heterocycles. The average Bonchev–Trinajstić information content (AvgIpc) is 3.04. The zero-order valence-corrected chi connectivity index (χ0v) is 14.2. The van der Waals surface area contributed by atoms with E-state index in [9.17, 15) is 9.90 Å². The fourth-order valence-corrected chi connectivity index (χ4v) is 3.46. The van der Waals surface area contributed by atoms with E-state index in [0.29, 0.717) is 17.5 Å². The Kier molecular flexibility index (Phi) is 3.28. The minimum atomic E-state index is -0.669. The van der Waals surface area contributed by atoms with E-state index < -0.39 is 5.54 Å². The van der Waals surface area contributed by atoms with E-state index in [2.05, 4.69) is 15.4 Å². The quantitative estimate of drug-likeness (QED) is 0.897. The minimum Gasteiger partial charge on any atom is -0.394 e. The Labute approximate surface area is 140 Å². The van der Waals surface area contributed by atoms with Crippen LogP contribution in [0, 0.1) is 12.8 Å². The zero-order valence-electron chi connectivity index (χ0n) is 14.2. The highest BCUT2D eigenvalue weighted by Crippen LogP contribution is 2.57. The van der Waals surface area contributed by atoms with Crippen LogP contribution in [0.4, 0.5) is 0 Å². The van der Waals surface area contributed by atoms with Crippen LogP contribution >= 0.6 is 0 Å². The Bertz CT molecular complexity index is 807. The molecule has 6 nitrogen and oxygen atoms in total. The number of hydrogen-bond acceptors (Lipinski definition) is 4. The lowest BCUT2D eigenvalue weighted by atomic mass is 10.1. The normalized spacial score (nSPS) is 21.3. The van der Waals surface area contributed by atoms with Gasteiger partial charge in [-0.1, -0.05) is 6.07 Å². The molecule has 0 saturated heterocycles. The van der Waals surface area contributed by atoms with Crippen molar-refractivity contribution >= 4 is 5.91 Å². The maximum atomic E-state index is 12.7. The maximum Gasteiger partial charge on any atom is 0.272 e. The molecule has 1 amide bonds. The molecule has 126 valence electrons. The molecule has 4 rings (SSSR count). The van der Waals surface area contributed by atoms with Crippen molar-refractivity contribution in [2.45, 2.75) is 45.1 Å². The molecule has 0 spiro atoms. The van der Waals surface area contributed by atoms with Gasteiger partial charge in [-0.2, -0.15) is 5.10 Å². The van der Waals surface area contributed by atoms with Crippen molar-refractivity contribution in [1.82, 2.24) is 20.1 Å². The maximum absolute atomic E-state index is 12.7. The fraction of sp³-hybridized carbons (Fsp3) is 0.500. The van der Waals surface area contributed by atoms with Crippen molar-refractivity contribution < 1.29 is 9.90 Å². The number of aryl methyl sites for hydroxylation is 1. The van der Waals surface area contributed by atoms with Gasteiger partial charge in [0, 0.05) is 17.7 Å². The van der Waals surface area contributed by atoms with Crippen molar-refractivity contribution in [3.05, 3.63) is 40.8 Å². The summed E-state index contributed by atoms with van der Waals surface area (Å²) in [5, 5.41) is 16.8. The molecule has 1 saturated carbocycles. The van der Waals surface area contributed by atoms with Crippen LogP contribution < -0.4 is 5.32 Å². The van der Waals surface area contributed by atoms with Crippen molar-refractivity contribution in [3.8, 4) is 5.82 Å². The number of rotatable bonds is 4. The van der Waals surface area contributed by atoms with Crippen molar-refractivity contribution in [3.63, 3.8) is 0 Å². The van der Waals surface area contributed by atoms with Gasteiger partial charge >= 0.3 is 0 Å². The van der Waals surface area contributed by atoms with E-state index in [1.807, 2.05) is 29.9 Å². The summed E-state index contributed by atoms with van der Waals surface area (Å²) in [7, 11) is 0. The van der Waals surface area contributed by atoms with Gasteiger partial charge in [0.05, 0.1) is 17.8 Å². The molecular weight excluding hydrogens is 304 g/mol. The van der Waals surface area contributed by atoms with Crippen molar-refractivity contribution in [2.24, 2.45) is 5.92 Å². The lowest BCUT2D eigenvalue weighted by Gasteiger charge is -2.23. The van der Waals surface area contributed by atoms with Gasteiger partial charge in [0.2, 0.25) is 0 Å². The molecular formula is C18H22N4O2. The summed E-state index contributed by atoms with van der Waals surface area (Å²) in [6, 6.07) is 3.95. The molecule has 2 atom stereocenters. The molecule has 2 heterocycles. The fourth-order valence-electron chi connectivity index (χ4n) is 3.46. The number of pyridine rings is 1. The highest BCUT2D eigenvalue weighted by atomic mass is 16.3. The second-order valence-electron chi connectivity index (χ2n) is 7.62. The topological polar surface area (TPSA) is 80.0 Å². The molecule has 24 heavy (non-hydrogen) atoms. The molecule has 0 aromatic carbocycles. The molecule has 0 unspecified atom stereocenters. The first-order valence-electron chi connectivity index (χ1n) is 8.38. The number of aromatic nitrogens is 3. The third-order valence-electron chi connectivity index (χ3n) is 4.94. The third kappa shape index (κ3) is 2.41. The number of aliphatic hydroxyl groups is 1. The number of carbonyl (C=O) groups is 1. The van der Waals surface area contributed by atoms with Gasteiger partial charge in [0.15, 0.2) is 11.5 Å². The van der Waals surface area contributed by atoms with Gasteiger partial charge in [-0.3, -0.25) is 4.79 Å². The zero-order chi connectivity index (χ0) is 17.1. The number of aliphatic hydroxyl groups excluding tert-OH is 1. The monoisotopic (exact) mass is 326 g/mol. The van der Waals surface area contributed by atoms with Crippen LogP contribution in [0.1, 0.15) is 53.5 Å². The SMILES string of the molecule is Cc1ccc(-n2nc(C(=O)NC(C)(C)CO)c3c2[C@@H]2C[C@@H]2C3)nc1. The lowest BCUT2D eigenvalue weighted by Crippen LogP contribution is -2.46. The van der Waals surface area contributed by atoms with Crippen LogP contribution in [0.2, 0.25) is 0 Å². The Hall–Kier alpha value is -2.21. The lowest BCUT2D eigenvalue weighted by molar-refractivity contribution is 0.0863. The van der Waals surface area contributed by atoms with E-state index in [1.165, 1.54) is 6.42 Å². The first kappa shape index (κ1) is 15.3. The largest absolute Gasteiger partial charge is 0.394 e. The van der Waals surface area contributed by atoms with Gasteiger partial charge in [0.1, 0.15) is 0 Å². The molecule has 0 bridgehead atoms. The van der Waals surface area contributed by atoms with Crippen molar-refractivity contribution in [2.75, 3.05) is 6.61 Å². The summed E-state index contributed by atoms with van der Waals surface area (Å²) in [5.41, 5.74) is 3.08. The van der Waals surface area contributed by atoms with Crippen molar-refractivity contribution in [1.29, 1.82) is 0 Å². The standard InChI is InChI=1S/C18H22N4O2/c1-10-4-5-14(19-8-10)22-16-12-6-11(12)7-13(16)15(21-22)17(24)20-18(2,3)9-23/h4-5,8,11-12,23H,6-7,9H2,1-3H3,(H,20,24)/t11-,12-/m1/s1. The predicted molar refractivity (Wildman–Crippen MR) is 89.3 cm³/mol. The van der Waals surface area contributed by atoms with Crippen LogP contribution in [0.5, 0.6) is 0 Å². The molecule has 2 aromatic rings. The molecule has 2 aliphatic rings. The molecule has 1 fully saturated rings. The predicted octanol–water partition coefficient (Wildman–Crippen LogP) is 1.74. The highest BCUT2D eigenvalue weighted by Gasteiger charge is 2.50. The summed E-state index contributed by atoms with van der Waals surface area (Å²) >= 11 is 0. The molecule has 6 heteroatoms. The van der Waals surface area contributed by atoms with Crippen LogP contribution in [-0.4, -0.2) is 37.9 Å². The van der Waals surface area contributed by atoms with Crippen LogP contribution in [-0.2, 0) is 6.42 Å². The average molecular weight is 326 g/mol. The highest BCUT2D eigenvalue weighted by molar-refractivity contribution is 5.95. The van der Waals surface area contributed by atoms with E-state index >= 15 is 0 Å². The number of nitrogens with one attached hydrogen (secondary N) is 1. The molecule has 0 radical (unpaired) electrons. The van der Waals surface area contributed by atoms with E-state index in [0.717, 1.165) is 29.1 Å². The van der Waals surface area contributed by atoms with E-state index in [-0.39, 0.29) is 12.5 Å². The summed E-state index contributed by atoms with van der Waals surface area (Å²) in [6.07, 6.45) is 3.90. The van der Waals surface area contributed by atoms with Gasteiger partial charge in [-0.25, -0.2) is 9.67 Å². The summed E-state index contributed by atoms with van der Waals surface area (Å²) < 4.78 is 1.84. The Morgan fingerprint density at radius 2 is 2.25 bits per heavy atom. The first-order valence-corrected chi connectivity index (χ1v) is 8.38. The molecule has 2 N–H and O–H groups in total. The van der Waals surface area contributed by atoms with Gasteiger partial charge in [0.25, 0.3) is 5.91 Å². The Morgan fingerprint density at radius 3 is 2.92 bits per heavy atom. The number of carbonyl (C=O) groups excluding carboxylic acids is 1. The Balaban J connectivity index is 1.75. The molecule has 2 aliphatic carbocycles. The number of hydrogen-bond donors (Lipinski definition) is 2. The number of amides is 1. The smallest absolute Gasteiger partial charge is 0.272 e.